The van der Waals surface area contributed by atoms with Crippen molar-refractivity contribution in [1.29, 1.82) is 0 Å². The van der Waals surface area contributed by atoms with Crippen molar-refractivity contribution in [2.24, 2.45) is 0 Å². The quantitative estimate of drug-likeness (QED) is 0.810. The summed E-state index contributed by atoms with van der Waals surface area (Å²) in [5.74, 6) is 0. The van der Waals surface area contributed by atoms with E-state index in [2.05, 4.69) is 47.8 Å². The van der Waals surface area contributed by atoms with Gasteiger partial charge in [-0.2, -0.15) is 0 Å². The maximum absolute atomic E-state index is 5.03. The lowest BCUT2D eigenvalue weighted by Gasteiger charge is -2.07. The predicted octanol–water partition coefficient (Wildman–Crippen LogP) is 3.09. The van der Waals surface area contributed by atoms with E-state index in [4.69, 9.17) is 4.74 Å². The van der Waals surface area contributed by atoms with Crippen LogP contribution in [0.4, 0.5) is 0 Å². The van der Waals surface area contributed by atoms with Crippen LogP contribution in [0.2, 0.25) is 0 Å². The van der Waals surface area contributed by atoms with Crippen LogP contribution >= 0.6 is 0 Å². The van der Waals surface area contributed by atoms with E-state index in [0.29, 0.717) is 0 Å². The molecule has 2 aromatic carbocycles. The highest BCUT2D eigenvalue weighted by molar-refractivity contribution is 5.83. The maximum Gasteiger partial charge on any atom is 0.102 e. The molecule has 88 valence electrons. The SMILES string of the molecule is CN/C(=C/OC)Cc1ccc2ccccc2c1. The Labute approximate surface area is 102 Å². The molecule has 0 heterocycles. The fourth-order valence-corrected chi connectivity index (χ4v) is 1.90. The van der Waals surface area contributed by atoms with Gasteiger partial charge < -0.3 is 10.1 Å². The molecule has 2 heteroatoms. The van der Waals surface area contributed by atoms with Crippen molar-refractivity contribution >= 4 is 10.8 Å². The summed E-state index contributed by atoms with van der Waals surface area (Å²) in [6.07, 6.45) is 2.60. The third-order valence-corrected chi connectivity index (χ3v) is 2.79. The highest BCUT2D eigenvalue weighted by atomic mass is 16.5. The zero-order chi connectivity index (χ0) is 12.1. The minimum Gasteiger partial charge on any atom is -0.503 e. The van der Waals surface area contributed by atoms with Crippen LogP contribution in [0.5, 0.6) is 0 Å². The largest absolute Gasteiger partial charge is 0.503 e. The van der Waals surface area contributed by atoms with E-state index in [1.807, 2.05) is 7.05 Å². The highest BCUT2D eigenvalue weighted by Gasteiger charge is 1.99. The van der Waals surface area contributed by atoms with Gasteiger partial charge in [0.05, 0.1) is 7.11 Å². The molecule has 0 aromatic heterocycles. The number of allylic oxidation sites excluding steroid dienone is 1. The number of methoxy groups -OCH3 is 1. The molecule has 0 aliphatic heterocycles. The van der Waals surface area contributed by atoms with Crippen LogP contribution in [-0.2, 0) is 11.2 Å². The first-order valence-corrected chi connectivity index (χ1v) is 5.71. The number of likely N-dealkylation sites (N-methyl/N-ethyl adjacent to an activating group) is 1. The Morgan fingerprint density at radius 1 is 1.18 bits per heavy atom. The average Bonchev–Trinajstić information content (AvgIpc) is 2.38. The fraction of sp³-hybridized carbons (Fsp3) is 0.200. The van der Waals surface area contributed by atoms with Crippen LogP contribution in [0.25, 0.3) is 10.8 Å². The number of nitrogens with one attached hydrogen (secondary N) is 1. The average molecular weight is 227 g/mol. The van der Waals surface area contributed by atoms with Gasteiger partial charge >= 0.3 is 0 Å². The molecule has 0 unspecified atom stereocenters. The third-order valence-electron chi connectivity index (χ3n) is 2.79. The van der Waals surface area contributed by atoms with Gasteiger partial charge in [-0.3, -0.25) is 0 Å². The van der Waals surface area contributed by atoms with Gasteiger partial charge in [-0.15, -0.1) is 0 Å². The first-order valence-electron chi connectivity index (χ1n) is 5.71. The van der Waals surface area contributed by atoms with Crippen LogP contribution in [0.3, 0.4) is 0 Å². The van der Waals surface area contributed by atoms with Crippen LogP contribution in [0, 0.1) is 0 Å². The van der Waals surface area contributed by atoms with Crippen molar-refractivity contribution in [2.75, 3.05) is 14.2 Å². The van der Waals surface area contributed by atoms with Gasteiger partial charge in [-0.1, -0.05) is 42.5 Å². The van der Waals surface area contributed by atoms with E-state index in [1.54, 1.807) is 13.4 Å². The summed E-state index contributed by atoms with van der Waals surface area (Å²) in [6.45, 7) is 0. The summed E-state index contributed by atoms with van der Waals surface area (Å²) in [5, 5.41) is 5.69. The molecule has 0 radical (unpaired) electrons. The number of rotatable bonds is 4. The van der Waals surface area contributed by atoms with E-state index in [0.717, 1.165) is 12.1 Å². The molecular formula is C15H17NO. The summed E-state index contributed by atoms with van der Waals surface area (Å²) in [6, 6.07) is 14.9. The molecule has 0 aliphatic carbocycles. The summed E-state index contributed by atoms with van der Waals surface area (Å²) in [4.78, 5) is 0. The van der Waals surface area contributed by atoms with Crippen molar-refractivity contribution in [3.63, 3.8) is 0 Å². The van der Waals surface area contributed by atoms with E-state index in [-0.39, 0.29) is 0 Å². The Kier molecular flexibility index (Phi) is 3.66. The van der Waals surface area contributed by atoms with Crippen molar-refractivity contribution in [1.82, 2.24) is 5.32 Å². The second kappa shape index (κ2) is 5.39. The van der Waals surface area contributed by atoms with Crippen LogP contribution in [0.15, 0.2) is 54.4 Å². The van der Waals surface area contributed by atoms with Gasteiger partial charge in [-0.05, 0) is 16.3 Å². The number of hydrogen-bond donors (Lipinski definition) is 1. The smallest absolute Gasteiger partial charge is 0.102 e. The fourth-order valence-electron chi connectivity index (χ4n) is 1.90. The van der Waals surface area contributed by atoms with Crippen LogP contribution in [0.1, 0.15) is 5.56 Å². The van der Waals surface area contributed by atoms with Gasteiger partial charge in [0.2, 0.25) is 0 Å². The van der Waals surface area contributed by atoms with Crippen molar-refractivity contribution in [2.45, 2.75) is 6.42 Å². The molecule has 0 fully saturated rings. The monoisotopic (exact) mass is 227 g/mol. The predicted molar refractivity (Wildman–Crippen MR) is 71.8 cm³/mol. The lowest BCUT2D eigenvalue weighted by molar-refractivity contribution is 0.330. The molecule has 17 heavy (non-hydrogen) atoms. The van der Waals surface area contributed by atoms with E-state index in [9.17, 15) is 0 Å². The standard InChI is InChI=1S/C15H17NO/c1-16-15(11-17-2)10-12-7-8-13-5-3-4-6-14(13)9-12/h3-9,11,16H,10H2,1-2H3/b15-11+. The van der Waals surface area contributed by atoms with E-state index < -0.39 is 0 Å². The summed E-state index contributed by atoms with van der Waals surface area (Å²) in [5.41, 5.74) is 2.35. The molecule has 0 saturated heterocycles. The second-order valence-corrected chi connectivity index (χ2v) is 3.99. The van der Waals surface area contributed by atoms with Crippen molar-refractivity contribution in [3.8, 4) is 0 Å². The van der Waals surface area contributed by atoms with E-state index >= 15 is 0 Å². The lowest BCUT2D eigenvalue weighted by Crippen LogP contribution is -2.08. The first kappa shape index (κ1) is 11.5. The Morgan fingerprint density at radius 2 is 1.94 bits per heavy atom. The summed E-state index contributed by atoms with van der Waals surface area (Å²) in [7, 11) is 3.57. The van der Waals surface area contributed by atoms with Gasteiger partial charge in [0, 0.05) is 19.2 Å². The van der Waals surface area contributed by atoms with Gasteiger partial charge in [0.25, 0.3) is 0 Å². The summed E-state index contributed by atoms with van der Waals surface area (Å²) < 4.78 is 5.03. The highest BCUT2D eigenvalue weighted by Crippen LogP contribution is 2.17. The van der Waals surface area contributed by atoms with E-state index in [1.165, 1.54) is 16.3 Å². The molecule has 0 amide bonds. The topological polar surface area (TPSA) is 21.3 Å². The zero-order valence-corrected chi connectivity index (χ0v) is 10.2. The number of fused-ring (bicyclic) bond motifs is 1. The normalized spacial score (nSPS) is 11.5. The molecule has 1 N–H and O–H groups in total. The van der Waals surface area contributed by atoms with Crippen molar-refractivity contribution < 1.29 is 4.74 Å². The molecule has 0 bridgehead atoms. The number of benzene rings is 2. The maximum atomic E-state index is 5.03. The van der Waals surface area contributed by atoms with Gasteiger partial charge in [-0.25, -0.2) is 0 Å². The molecular weight excluding hydrogens is 210 g/mol. The molecule has 0 atom stereocenters. The zero-order valence-electron chi connectivity index (χ0n) is 10.2. The second-order valence-electron chi connectivity index (χ2n) is 3.99. The molecule has 0 aliphatic rings. The Morgan fingerprint density at radius 3 is 2.65 bits per heavy atom. The van der Waals surface area contributed by atoms with Gasteiger partial charge in [0.1, 0.15) is 6.26 Å². The minimum absolute atomic E-state index is 0.856. The summed E-state index contributed by atoms with van der Waals surface area (Å²) >= 11 is 0. The number of hydrogen-bond acceptors (Lipinski definition) is 2. The first-order chi connectivity index (χ1) is 8.33. The van der Waals surface area contributed by atoms with Gasteiger partial charge in [0.15, 0.2) is 0 Å². The van der Waals surface area contributed by atoms with Crippen molar-refractivity contribution in [3.05, 3.63) is 60.0 Å². The lowest BCUT2D eigenvalue weighted by atomic mass is 10.0. The number of ether oxygens (including phenoxy) is 1. The molecule has 2 nitrogen and oxygen atoms in total. The van der Waals surface area contributed by atoms with Crippen LogP contribution in [-0.4, -0.2) is 14.2 Å². The molecule has 2 rings (SSSR count). The van der Waals surface area contributed by atoms with Crippen LogP contribution < -0.4 is 5.32 Å². The molecule has 0 spiro atoms. The molecule has 2 aromatic rings. The Hall–Kier alpha value is -1.96. The Bertz CT molecular complexity index is 531. The third kappa shape index (κ3) is 2.78. The minimum atomic E-state index is 0.856. The molecule has 0 saturated carbocycles. The Balaban J connectivity index is 2.27.